The van der Waals surface area contributed by atoms with E-state index in [9.17, 15) is 14.4 Å². The fourth-order valence-corrected chi connectivity index (χ4v) is 2.90. The molecule has 6 nitrogen and oxygen atoms in total. The van der Waals surface area contributed by atoms with Gasteiger partial charge in [0.05, 0.1) is 23.6 Å². The third kappa shape index (κ3) is 6.00. The van der Waals surface area contributed by atoms with Crippen LogP contribution in [0.5, 0.6) is 5.75 Å². The fourth-order valence-electron chi connectivity index (χ4n) is 2.03. The first-order valence-electron chi connectivity index (χ1n) is 8.26. The van der Waals surface area contributed by atoms with E-state index in [1.54, 1.807) is 36.4 Å². The molecule has 2 rings (SSSR count). The molecule has 1 heterocycles. The first kappa shape index (κ1) is 19.7. The molecule has 0 atom stereocenters. The van der Waals surface area contributed by atoms with E-state index in [0.29, 0.717) is 29.3 Å². The molecule has 1 amide bonds. The molecule has 0 aliphatic carbocycles. The van der Waals surface area contributed by atoms with E-state index in [4.69, 9.17) is 9.47 Å². The summed E-state index contributed by atoms with van der Waals surface area (Å²) in [6.45, 7) is 4.11. The molecule has 0 aliphatic rings. The number of thiophene rings is 1. The number of esters is 1. The normalized spacial score (nSPS) is 10.2. The predicted octanol–water partition coefficient (Wildman–Crippen LogP) is 3.21. The summed E-state index contributed by atoms with van der Waals surface area (Å²) in [6.07, 6.45) is 0.904. The van der Waals surface area contributed by atoms with Gasteiger partial charge in [-0.2, -0.15) is 0 Å². The lowest BCUT2D eigenvalue weighted by atomic mass is 10.2. The number of rotatable bonds is 9. The molecule has 26 heavy (non-hydrogen) atoms. The third-order valence-corrected chi connectivity index (χ3v) is 4.47. The van der Waals surface area contributed by atoms with Crippen LogP contribution in [0.1, 0.15) is 45.2 Å². The Balaban J connectivity index is 1.84. The molecule has 0 spiro atoms. The van der Waals surface area contributed by atoms with Gasteiger partial charge in [0.15, 0.2) is 6.61 Å². The van der Waals surface area contributed by atoms with Crippen LogP contribution >= 0.6 is 11.3 Å². The van der Waals surface area contributed by atoms with Gasteiger partial charge in [-0.15, -0.1) is 11.3 Å². The summed E-state index contributed by atoms with van der Waals surface area (Å²) in [5.41, 5.74) is 0.360. The highest BCUT2D eigenvalue weighted by Gasteiger charge is 2.14. The Bertz CT molecular complexity index is 766. The number of ether oxygens (including phenoxy) is 2. The maximum Gasteiger partial charge on any atom is 0.338 e. The van der Waals surface area contributed by atoms with Crippen molar-refractivity contribution < 1.29 is 23.9 Å². The molecule has 0 aliphatic heterocycles. The molecule has 0 saturated carbocycles. The number of Topliss-reactive ketones (excluding diaryl/α,β-unsaturated/α-hetero) is 1. The number of hydrogen-bond acceptors (Lipinski definition) is 6. The van der Waals surface area contributed by atoms with Gasteiger partial charge in [-0.1, -0.05) is 6.92 Å². The number of benzene rings is 1. The SMILES string of the molecule is CCCOc1ccc(C(=O)OCC(=O)c2ccc(CNC(C)=O)s2)cc1. The van der Waals surface area contributed by atoms with E-state index in [2.05, 4.69) is 5.32 Å². The molecule has 0 unspecified atom stereocenters. The molecule has 0 bridgehead atoms. The minimum Gasteiger partial charge on any atom is -0.494 e. The maximum absolute atomic E-state index is 12.1. The first-order valence-corrected chi connectivity index (χ1v) is 9.07. The monoisotopic (exact) mass is 375 g/mol. The summed E-state index contributed by atoms with van der Waals surface area (Å²) in [6, 6.07) is 10.0. The van der Waals surface area contributed by atoms with Gasteiger partial charge < -0.3 is 14.8 Å². The Kier molecular flexibility index (Phi) is 7.35. The van der Waals surface area contributed by atoms with Crippen molar-refractivity contribution in [2.24, 2.45) is 0 Å². The highest BCUT2D eigenvalue weighted by atomic mass is 32.1. The van der Waals surface area contributed by atoms with Crippen molar-refractivity contribution in [3.63, 3.8) is 0 Å². The van der Waals surface area contributed by atoms with Crippen molar-refractivity contribution in [2.75, 3.05) is 13.2 Å². The fraction of sp³-hybridized carbons (Fsp3) is 0.316. The van der Waals surface area contributed by atoms with Crippen LogP contribution in [0.3, 0.4) is 0 Å². The van der Waals surface area contributed by atoms with Gasteiger partial charge in [-0.05, 0) is 42.8 Å². The van der Waals surface area contributed by atoms with Crippen molar-refractivity contribution in [1.82, 2.24) is 5.32 Å². The summed E-state index contributed by atoms with van der Waals surface area (Å²) in [5, 5.41) is 2.67. The predicted molar refractivity (Wildman–Crippen MR) is 98.7 cm³/mol. The summed E-state index contributed by atoms with van der Waals surface area (Å²) in [5.74, 6) is -0.285. The van der Waals surface area contributed by atoms with Gasteiger partial charge in [-0.25, -0.2) is 4.79 Å². The van der Waals surface area contributed by atoms with Crippen LogP contribution in [0, 0.1) is 0 Å². The van der Waals surface area contributed by atoms with E-state index in [1.165, 1.54) is 18.3 Å². The summed E-state index contributed by atoms with van der Waals surface area (Å²) < 4.78 is 10.5. The molecular weight excluding hydrogens is 354 g/mol. The van der Waals surface area contributed by atoms with E-state index in [-0.39, 0.29) is 18.3 Å². The number of nitrogens with one attached hydrogen (secondary N) is 1. The van der Waals surface area contributed by atoms with Crippen molar-refractivity contribution in [2.45, 2.75) is 26.8 Å². The number of ketones is 1. The molecule has 2 aromatic rings. The van der Waals surface area contributed by atoms with Gasteiger partial charge in [0, 0.05) is 11.8 Å². The van der Waals surface area contributed by atoms with Crippen molar-refractivity contribution in [3.05, 3.63) is 51.7 Å². The molecule has 0 saturated heterocycles. The van der Waals surface area contributed by atoms with Crippen molar-refractivity contribution in [3.8, 4) is 5.75 Å². The zero-order chi connectivity index (χ0) is 18.9. The third-order valence-electron chi connectivity index (χ3n) is 3.35. The van der Waals surface area contributed by atoms with Gasteiger partial charge in [0.1, 0.15) is 5.75 Å². The molecule has 0 radical (unpaired) electrons. The standard InChI is InChI=1S/C19H21NO5S/c1-3-10-24-15-6-4-14(5-7-15)19(23)25-12-17(22)18-9-8-16(26-18)11-20-13(2)21/h4-9H,3,10-12H2,1-2H3,(H,20,21). The van der Waals surface area contributed by atoms with Gasteiger partial charge in [0.25, 0.3) is 0 Å². The lowest BCUT2D eigenvalue weighted by molar-refractivity contribution is -0.119. The van der Waals surface area contributed by atoms with E-state index in [1.807, 2.05) is 6.92 Å². The Morgan fingerprint density at radius 2 is 1.81 bits per heavy atom. The van der Waals surface area contributed by atoms with Gasteiger partial charge in [-0.3, -0.25) is 9.59 Å². The quantitative estimate of drug-likeness (QED) is 0.538. The molecule has 1 aromatic carbocycles. The second-order valence-electron chi connectivity index (χ2n) is 5.55. The number of carbonyl (C=O) groups is 3. The van der Waals surface area contributed by atoms with Crippen LogP contribution in [0.2, 0.25) is 0 Å². The maximum atomic E-state index is 12.1. The number of carbonyl (C=O) groups excluding carboxylic acids is 3. The highest BCUT2D eigenvalue weighted by molar-refractivity contribution is 7.14. The van der Waals surface area contributed by atoms with Crippen LogP contribution in [0.25, 0.3) is 0 Å². The average Bonchev–Trinajstić information content (AvgIpc) is 3.12. The summed E-state index contributed by atoms with van der Waals surface area (Å²) in [7, 11) is 0. The van der Waals surface area contributed by atoms with Crippen LogP contribution in [-0.4, -0.2) is 30.9 Å². The topological polar surface area (TPSA) is 81.7 Å². The zero-order valence-corrected chi connectivity index (χ0v) is 15.6. The summed E-state index contributed by atoms with van der Waals surface area (Å²) >= 11 is 1.27. The van der Waals surface area contributed by atoms with E-state index in [0.717, 1.165) is 11.3 Å². The van der Waals surface area contributed by atoms with Crippen LogP contribution < -0.4 is 10.1 Å². The minimum absolute atomic E-state index is 0.133. The molecule has 0 fully saturated rings. The Labute approximate surface area is 156 Å². The largest absolute Gasteiger partial charge is 0.494 e. The lowest BCUT2D eigenvalue weighted by Crippen LogP contribution is -2.18. The first-order chi connectivity index (χ1) is 12.5. The van der Waals surface area contributed by atoms with Crippen LogP contribution in [0.15, 0.2) is 36.4 Å². The zero-order valence-electron chi connectivity index (χ0n) is 14.7. The lowest BCUT2D eigenvalue weighted by Gasteiger charge is -2.06. The number of amides is 1. The van der Waals surface area contributed by atoms with Crippen LogP contribution in [-0.2, 0) is 16.1 Å². The summed E-state index contributed by atoms with van der Waals surface area (Å²) in [4.78, 5) is 36.4. The molecule has 1 aromatic heterocycles. The van der Waals surface area contributed by atoms with E-state index < -0.39 is 5.97 Å². The van der Waals surface area contributed by atoms with Gasteiger partial charge in [0.2, 0.25) is 11.7 Å². The molecule has 138 valence electrons. The molecule has 1 N–H and O–H groups in total. The van der Waals surface area contributed by atoms with Gasteiger partial charge >= 0.3 is 5.97 Å². The molecular formula is C19H21NO5S. The van der Waals surface area contributed by atoms with Crippen LogP contribution in [0.4, 0.5) is 0 Å². The second kappa shape index (κ2) is 9.72. The Morgan fingerprint density at radius 3 is 2.46 bits per heavy atom. The average molecular weight is 375 g/mol. The van der Waals surface area contributed by atoms with Crippen molar-refractivity contribution in [1.29, 1.82) is 0 Å². The smallest absolute Gasteiger partial charge is 0.338 e. The second-order valence-corrected chi connectivity index (χ2v) is 6.72. The Morgan fingerprint density at radius 1 is 1.08 bits per heavy atom. The Hall–Kier alpha value is -2.67. The van der Waals surface area contributed by atoms with E-state index >= 15 is 0 Å². The number of hydrogen-bond donors (Lipinski definition) is 1. The highest BCUT2D eigenvalue weighted by Crippen LogP contribution is 2.18. The minimum atomic E-state index is -0.560. The van der Waals surface area contributed by atoms with Crippen molar-refractivity contribution >= 4 is 29.0 Å². The molecule has 7 heteroatoms.